The molecule has 0 saturated heterocycles. The lowest BCUT2D eigenvalue weighted by Gasteiger charge is -2.26. The average Bonchev–Trinajstić information content (AvgIpc) is 2.65. The van der Waals surface area contributed by atoms with Gasteiger partial charge in [-0.3, -0.25) is 0 Å². The summed E-state index contributed by atoms with van der Waals surface area (Å²) >= 11 is 0. The van der Waals surface area contributed by atoms with Gasteiger partial charge < -0.3 is 18.9 Å². The van der Waals surface area contributed by atoms with Crippen LogP contribution in [-0.2, 0) is 10.0 Å². The summed E-state index contributed by atoms with van der Waals surface area (Å²) in [6.45, 7) is 0.358. The number of rotatable bonds is 6. The molecule has 2 aromatic rings. The molecule has 3 rings (SSSR count). The molecule has 2 aromatic carbocycles. The van der Waals surface area contributed by atoms with Gasteiger partial charge in [0.15, 0.2) is 23.0 Å². The zero-order valence-electron chi connectivity index (χ0n) is 13.9. The number of hydrogen-bond acceptors (Lipinski definition) is 6. The highest BCUT2D eigenvalue weighted by molar-refractivity contribution is 7.89. The highest BCUT2D eigenvalue weighted by atomic mass is 32.2. The summed E-state index contributed by atoms with van der Waals surface area (Å²) < 4.78 is 49.1. The maximum Gasteiger partial charge on any atom is 0.240 e. The maximum absolute atomic E-state index is 12.5. The SMILES string of the molecule is COc1ccc(S(=O)(=O)NC[C@H]2COc3ccccc3O2)cc1OC. The van der Waals surface area contributed by atoms with Gasteiger partial charge in [-0.2, -0.15) is 0 Å². The summed E-state index contributed by atoms with van der Waals surface area (Å²) in [5.41, 5.74) is 0. The molecule has 1 heterocycles. The molecule has 7 nitrogen and oxygen atoms in total. The van der Waals surface area contributed by atoms with Gasteiger partial charge in [-0.1, -0.05) is 12.1 Å². The number of methoxy groups -OCH3 is 2. The quantitative estimate of drug-likeness (QED) is 0.841. The van der Waals surface area contributed by atoms with Gasteiger partial charge in [0.05, 0.1) is 25.7 Å². The monoisotopic (exact) mass is 365 g/mol. The third kappa shape index (κ3) is 3.80. The molecule has 1 N–H and O–H groups in total. The number of nitrogens with one attached hydrogen (secondary N) is 1. The van der Waals surface area contributed by atoms with Crippen LogP contribution in [0.4, 0.5) is 0 Å². The number of sulfonamides is 1. The molecule has 0 bridgehead atoms. The van der Waals surface area contributed by atoms with Crippen molar-refractivity contribution in [3.63, 3.8) is 0 Å². The fraction of sp³-hybridized carbons (Fsp3) is 0.294. The Morgan fingerprint density at radius 3 is 2.52 bits per heavy atom. The smallest absolute Gasteiger partial charge is 0.240 e. The highest BCUT2D eigenvalue weighted by Gasteiger charge is 2.24. The molecule has 0 unspecified atom stereocenters. The van der Waals surface area contributed by atoms with Crippen molar-refractivity contribution in [1.82, 2.24) is 4.72 Å². The first kappa shape index (κ1) is 17.4. The van der Waals surface area contributed by atoms with E-state index in [1.165, 1.54) is 26.4 Å². The Morgan fingerprint density at radius 2 is 1.80 bits per heavy atom. The van der Waals surface area contributed by atoms with E-state index in [1.807, 2.05) is 12.1 Å². The molecule has 0 saturated carbocycles. The van der Waals surface area contributed by atoms with Crippen molar-refractivity contribution in [3.8, 4) is 23.0 Å². The standard InChI is InChI=1S/C17H19NO6S/c1-21-14-8-7-13(9-17(14)22-2)25(19,20)18-10-12-11-23-15-5-3-4-6-16(15)24-12/h3-9,12,18H,10-11H2,1-2H3/t12-/m0/s1. The molecule has 0 aromatic heterocycles. The van der Waals surface area contributed by atoms with Crippen molar-refractivity contribution in [1.29, 1.82) is 0 Å². The summed E-state index contributed by atoms with van der Waals surface area (Å²) in [6.07, 6.45) is -0.412. The lowest BCUT2D eigenvalue weighted by molar-refractivity contribution is 0.0943. The lowest BCUT2D eigenvalue weighted by Crippen LogP contribution is -2.40. The molecule has 0 amide bonds. The molecule has 0 radical (unpaired) electrons. The van der Waals surface area contributed by atoms with Crippen LogP contribution in [0.3, 0.4) is 0 Å². The molecule has 134 valence electrons. The molecule has 0 spiro atoms. The zero-order valence-corrected chi connectivity index (χ0v) is 14.7. The van der Waals surface area contributed by atoms with E-state index in [4.69, 9.17) is 18.9 Å². The van der Waals surface area contributed by atoms with Crippen LogP contribution in [0.2, 0.25) is 0 Å². The number of benzene rings is 2. The first-order chi connectivity index (χ1) is 12.0. The predicted octanol–water partition coefficient (Wildman–Crippen LogP) is 1.82. The molecule has 1 atom stereocenters. The van der Waals surface area contributed by atoms with E-state index in [0.29, 0.717) is 23.0 Å². The van der Waals surface area contributed by atoms with Gasteiger partial charge in [0.1, 0.15) is 12.7 Å². The fourth-order valence-electron chi connectivity index (χ4n) is 2.43. The van der Waals surface area contributed by atoms with Gasteiger partial charge in [0.25, 0.3) is 0 Å². The Morgan fingerprint density at radius 1 is 1.08 bits per heavy atom. The predicted molar refractivity (Wildman–Crippen MR) is 91.1 cm³/mol. The Balaban J connectivity index is 1.68. The first-order valence-corrected chi connectivity index (χ1v) is 9.12. The molecule has 1 aliphatic heterocycles. The van der Waals surface area contributed by atoms with Crippen LogP contribution in [-0.4, -0.2) is 41.9 Å². The van der Waals surface area contributed by atoms with Crippen LogP contribution in [0.1, 0.15) is 0 Å². The molecule has 8 heteroatoms. The van der Waals surface area contributed by atoms with E-state index in [2.05, 4.69) is 4.72 Å². The summed E-state index contributed by atoms with van der Waals surface area (Å²) in [6, 6.07) is 11.7. The second kappa shape index (κ2) is 7.20. The highest BCUT2D eigenvalue weighted by Crippen LogP contribution is 2.31. The van der Waals surface area contributed by atoms with Crippen LogP contribution >= 0.6 is 0 Å². The average molecular weight is 365 g/mol. The van der Waals surface area contributed by atoms with E-state index in [9.17, 15) is 8.42 Å². The van der Waals surface area contributed by atoms with Crippen molar-refractivity contribution >= 4 is 10.0 Å². The van der Waals surface area contributed by atoms with Gasteiger partial charge in [-0.25, -0.2) is 13.1 Å². The Bertz CT molecular complexity index is 852. The van der Waals surface area contributed by atoms with Crippen LogP contribution in [0.5, 0.6) is 23.0 Å². The van der Waals surface area contributed by atoms with Crippen molar-refractivity contribution in [2.45, 2.75) is 11.0 Å². The molecule has 1 aliphatic rings. The largest absolute Gasteiger partial charge is 0.493 e. The van der Waals surface area contributed by atoms with E-state index in [0.717, 1.165) is 0 Å². The van der Waals surface area contributed by atoms with Crippen LogP contribution in [0.15, 0.2) is 47.4 Å². The molecule has 0 fully saturated rings. The fourth-order valence-corrected chi connectivity index (χ4v) is 3.51. The van der Waals surface area contributed by atoms with E-state index in [1.54, 1.807) is 18.2 Å². The number of fused-ring (bicyclic) bond motifs is 1. The van der Waals surface area contributed by atoms with Gasteiger partial charge in [0.2, 0.25) is 10.0 Å². The third-order valence-corrected chi connectivity index (χ3v) is 5.16. The number of hydrogen-bond donors (Lipinski definition) is 1. The Kier molecular flexibility index (Phi) is 5.00. The van der Waals surface area contributed by atoms with Gasteiger partial charge in [0, 0.05) is 6.07 Å². The summed E-state index contributed by atoms with van der Waals surface area (Å²) in [7, 11) is -0.776. The maximum atomic E-state index is 12.5. The van der Waals surface area contributed by atoms with Gasteiger partial charge in [-0.15, -0.1) is 0 Å². The van der Waals surface area contributed by atoms with Crippen molar-refractivity contribution in [2.75, 3.05) is 27.4 Å². The van der Waals surface area contributed by atoms with Gasteiger partial charge >= 0.3 is 0 Å². The topological polar surface area (TPSA) is 83.1 Å². The zero-order chi connectivity index (χ0) is 17.9. The van der Waals surface area contributed by atoms with E-state index in [-0.39, 0.29) is 18.0 Å². The lowest BCUT2D eigenvalue weighted by atomic mass is 10.2. The number of para-hydroxylation sites is 2. The second-order valence-corrected chi connectivity index (χ2v) is 7.13. The minimum Gasteiger partial charge on any atom is -0.493 e. The summed E-state index contributed by atoms with van der Waals surface area (Å²) in [4.78, 5) is 0.0854. The minimum absolute atomic E-state index is 0.0854. The second-order valence-electron chi connectivity index (χ2n) is 5.37. The molecular weight excluding hydrogens is 346 g/mol. The van der Waals surface area contributed by atoms with Crippen molar-refractivity contribution < 1.29 is 27.4 Å². The molecule has 25 heavy (non-hydrogen) atoms. The van der Waals surface area contributed by atoms with Crippen LogP contribution < -0.4 is 23.7 Å². The normalized spacial score (nSPS) is 16.3. The molecular formula is C17H19NO6S. The minimum atomic E-state index is -3.72. The summed E-state index contributed by atoms with van der Waals surface area (Å²) in [5.74, 6) is 2.06. The third-order valence-electron chi connectivity index (χ3n) is 3.73. The van der Waals surface area contributed by atoms with Crippen LogP contribution in [0.25, 0.3) is 0 Å². The van der Waals surface area contributed by atoms with Gasteiger partial charge in [-0.05, 0) is 24.3 Å². The van der Waals surface area contributed by atoms with Crippen LogP contribution in [0, 0.1) is 0 Å². The first-order valence-electron chi connectivity index (χ1n) is 7.63. The molecule has 0 aliphatic carbocycles. The number of ether oxygens (including phenoxy) is 4. The Hall–Kier alpha value is -2.45. The van der Waals surface area contributed by atoms with Crippen molar-refractivity contribution in [2.24, 2.45) is 0 Å². The van der Waals surface area contributed by atoms with E-state index >= 15 is 0 Å². The van der Waals surface area contributed by atoms with E-state index < -0.39 is 16.1 Å². The summed E-state index contributed by atoms with van der Waals surface area (Å²) in [5, 5.41) is 0. The Labute approximate surface area is 146 Å². The van der Waals surface area contributed by atoms with Crippen molar-refractivity contribution in [3.05, 3.63) is 42.5 Å².